The Hall–Kier alpha value is -1.19. The number of nitrogens with zero attached hydrogens (tertiary/aromatic N) is 1. The second kappa shape index (κ2) is 5.63. The van der Waals surface area contributed by atoms with E-state index in [2.05, 4.69) is 24.0 Å². The van der Waals surface area contributed by atoms with Crippen LogP contribution in [0.4, 0.5) is 5.69 Å². The third-order valence-corrected chi connectivity index (χ3v) is 3.84. The Morgan fingerprint density at radius 2 is 2.00 bits per heavy atom. The van der Waals surface area contributed by atoms with Gasteiger partial charge in [0, 0.05) is 22.2 Å². The number of benzene rings is 1. The molecular formula is C14H15ClN2S. The van der Waals surface area contributed by atoms with E-state index >= 15 is 0 Å². The SMILES string of the molecule is Cc1cc(C)nc(SCc2ccc(N)cc2Cl)c1. The summed E-state index contributed by atoms with van der Waals surface area (Å²) < 4.78 is 0. The molecule has 2 nitrogen and oxygen atoms in total. The predicted molar refractivity (Wildman–Crippen MR) is 79.1 cm³/mol. The maximum absolute atomic E-state index is 6.14. The summed E-state index contributed by atoms with van der Waals surface area (Å²) in [5.41, 5.74) is 9.72. The lowest BCUT2D eigenvalue weighted by molar-refractivity contribution is 1.05. The number of hydrogen-bond donors (Lipinski definition) is 1. The highest BCUT2D eigenvalue weighted by Crippen LogP contribution is 2.27. The van der Waals surface area contributed by atoms with Crippen LogP contribution in [0.15, 0.2) is 35.4 Å². The highest BCUT2D eigenvalue weighted by Gasteiger charge is 2.04. The number of pyridine rings is 1. The van der Waals surface area contributed by atoms with Gasteiger partial charge in [0.1, 0.15) is 0 Å². The maximum Gasteiger partial charge on any atom is 0.0968 e. The molecule has 0 bridgehead atoms. The monoisotopic (exact) mass is 278 g/mol. The average Bonchev–Trinajstić information content (AvgIpc) is 2.26. The molecule has 0 unspecified atom stereocenters. The molecule has 1 aromatic heterocycles. The van der Waals surface area contributed by atoms with Crippen LogP contribution < -0.4 is 5.73 Å². The van der Waals surface area contributed by atoms with Crippen LogP contribution in [0.25, 0.3) is 0 Å². The van der Waals surface area contributed by atoms with Crippen molar-refractivity contribution in [2.75, 3.05) is 5.73 Å². The van der Waals surface area contributed by atoms with Gasteiger partial charge in [0.05, 0.1) is 5.03 Å². The van der Waals surface area contributed by atoms with Crippen molar-refractivity contribution in [1.82, 2.24) is 4.98 Å². The van der Waals surface area contributed by atoms with Crippen molar-refractivity contribution in [3.05, 3.63) is 52.2 Å². The number of anilines is 1. The van der Waals surface area contributed by atoms with E-state index in [0.717, 1.165) is 22.0 Å². The molecule has 0 radical (unpaired) electrons. The van der Waals surface area contributed by atoms with Crippen molar-refractivity contribution in [2.24, 2.45) is 0 Å². The molecule has 4 heteroatoms. The van der Waals surface area contributed by atoms with Gasteiger partial charge in [0.2, 0.25) is 0 Å². The molecule has 0 saturated carbocycles. The third-order valence-electron chi connectivity index (χ3n) is 2.53. The second-order valence-electron chi connectivity index (χ2n) is 4.26. The maximum atomic E-state index is 6.14. The zero-order valence-electron chi connectivity index (χ0n) is 10.4. The molecule has 18 heavy (non-hydrogen) atoms. The molecule has 94 valence electrons. The Balaban J connectivity index is 2.11. The minimum absolute atomic E-state index is 0.693. The van der Waals surface area contributed by atoms with Crippen LogP contribution in [0.1, 0.15) is 16.8 Å². The zero-order chi connectivity index (χ0) is 13.1. The summed E-state index contributed by atoms with van der Waals surface area (Å²) in [7, 11) is 0. The Morgan fingerprint density at radius 3 is 2.67 bits per heavy atom. The summed E-state index contributed by atoms with van der Waals surface area (Å²) in [6, 6.07) is 9.78. The third kappa shape index (κ3) is 3.40. The van der Waals surface area contributed by atoms with E-state index < -0.39 is 0 Å². The number of rotatable bonds is 3. The molecule has 0 aliphatic carbocycles. The van der Waals surface area contributed by atoms with Crippen molar-refractivity contribution < 1.29 is 0 Å². The quantitative estimate of drug-likeness (QED) is 0.675. The fourth-order valence-corrected chi connectivity index (χ4v) is 3.08. The van der Waals surface area contributed by atoms with Gasteiger partial charge in [-0.3, -0.25) is 0 Å². The summed E-state index contributed by atoms with van der Waals surface area (Å²) >= 11 is 7.83. The lowest BCUT2D eigenvalue weighted by atomic mass is 10.2. The molecule has 2 N–H and O–H groups in total. The normalized spacial score (nSPS) is 10.6. The van der Waals surface area contributed by atoms with Gasteiger partial charge < -0.3 is 5.73 Å². The topological polar surface area (TPSA) is 38.9 Å². The van der Waals surface area contributed by atoms with E-state index in [1.807, 2.05) is 19.1 Å². The number of halogens is 1. The highest BCUT2D eigenvalue weighted by molar-refractivity contribution is 7.98. The molecule has 0 spiro atoms. The van der Waals surface area contributed by atoms with Gasteiger partial charge in [-0.2, -0.15) is 0 Å². The van der Waals surface area contributed by atoms with Crippen LogP contribution in [0.5, 0.6) is 0 Å². The van der Waals surface area contributed by atoms with Gasteiger partial charge >= 0.3 is 0 Å². The van der Waals surface area contributed by atoms with Crippen LogP contribution in [0, 0.1) is 13.8 Å². The number of thioether (sulfide) groups is 1. The molecule has 0 aliphatic rings. The van der Waals surface area contributed by atoms with Crippen LogP contribution in [0.2, 0.25) is 5.02 Å². The van der Waals surface area contributed by atoms with Crippen molar-refractivity contribution in [2.45, 2.75) is 24.6 Å². The summed E-state index contributed by atoms with van der Waals surface area (Å²) in [6.07, 6.45) is 0. The lowest BCUT2D eigenvalue weighted by Gasteiger charge is -2.06. The number of aromatic nitrogens is 1. The Morgan fingerprint density at radius 1 is 1.22 bits per heavy atom. The van der Waals surface area contributed by atoms with Crippen LogP contribution in [-0.4, -0.2) is 4.98 Å². The van der Waals surface area contributed by atoms with E-state index in [-0.39, 0.29) is 0 Å². The van der Waals surface area contributed by atoms with Gasteiger partial charge in [-0.1, -0.05) is 17.7 Å². The molecule has 1 aromatic carbocycles. The van der Waals surface area contributed by atoms with E-state index in [9.17, 15) is 0 Å². The first kappa shape index (κ1) is 13.2. The highest BCUT2D eigenvalue weighted by atomic mass is 35.5. The number of hydrogen-bond acceptors (Lipinski definition) is 3. The van der Waals surface area contributed by atoms with Crippen molar-refractivity contribution in [3.63, 3.8) is 0 Å². The molecule has 1 heterocycles. The van der Waals surface area contributed by atoms with E-state index in [1.165, 1.54) is 5.56 Å². The van der Waals surface area contributed by atoms with Crippen LogP contribution >= 0.6 is 23.4 Å². The van der Waals surface area contributed by atoms with Crippen molar-refractivity contribution in [3.8, 4) is 0 Å². The number of nitrogen functional groups attached to an aromatic ring is 1. The fourth-order valence-electron chi connectivity index (χ4n) is 1.71. The fraction of sp³-hybridized carbons (Fsp3) is 0.214. The van der Waals surface area contributed by atoms with Gasteiger partial charge in [0.25, 0.3) is 0 Å². The number of nitrogens with two attached hydrogens (primary N) is 1. The van der Waals surface area contributed by atoms with E-state index in [4.69, 9.17) is 17.3 Å². The smallest absolute Gasteiger partial charge is 0.0968 e. The van der Waals surface area contributed by atoms with Gasteiger partial charge in [-0.25, -0.2) is 4.98 Å². The first-order valence-electron chi connectivity index (χ1n) is 5.66. The van der Waals surface area contributed by atoms with E-state index in [1.54, 1.807) is 17.8 Å². The van der Waals surface area contributed by atoms with Gasteiger partial charge in [-0.05, 0) is 49.2 Å². The minimum Gasteiger partial charge on any atom is -0.399 e. The van der Waals surface area contributed by atoms with E-state index in [0.29, 0.717) is 10.7 Å². The molecule has 0 fully saturated rings. The Bertz CT molecular complexity index is 549. The molecule has 0 aliphatic heterocycles. The zero-order valence-corrected chi connectivity index (χ0v) is 12.0. The predicted octanol–water partition coefficient (Wildman–Crippen LogP) is 4.23. The largest absolute Gasteiger partial charge is 0.399 e. The molecule has 0 saturated heterocycles. The first-order chi connectivity index (χ1) is 8.54. The summed E-state index contributed by atoms with van der Waals surface area (Å²) in [5, 5.41) is 1.74. The van der Waals surface area contributed by atoms with Crippen molar-refractivity contribution >= 4 is 29.1 Å². The molecule has 2 rings (SSSR count). The van der Waals surface area contributed by atoms with Gasteiger partial charge in [-0.15, -0.1) is 11.8 Å². The number of aryl methyl sites for hydroxylation is 2. The molecular weight excluding hydrogens is 264 g/mol. The molecule has 2 aromatic rings. The van der Waals surface area contributed by atoms with Crippen LogP contribution in [0.3, 0.4) is 0 Å². The van der Waals surface area contributed by atoms with Crippen molar-refractivity contribution in [1.29, 1.82) is 0 Å². The van der Waals surface area contributed by atoms with Crippen LogP contribution in [-0.2, 0) is 5.75 Å². The Labute approximate surface area is 117 Å². The molecule has 0 amide bonds. The summed E-state index contributed by atoms with van der Waals surface area (Å²) in [5.74, 6) is 0.801. The van der Waals surface area contributed by atoms with Gasteiger partial charge in [0.15, 0.2) is 0 Å². The standard InChI is InChI=1S/C14H15ClN2S/c1-9-5-10(2)17-14(6-9)18-8-11-3-4-12(16)7-13(11)15/h3-7H,8,16H2,1-2H3. The summed E-state index contributed by atoms with van der Waals surface area (Å²) in [6.45, 7) is 4.09. The average molecular weight is 279 g/mol. The molecule has 0 atom stereocenters. The minimum atomic E-state index is 0.693. The lowest BCUT2D eigenvalue weighted by Crippen LogP contribution is -1.90. The Kier molecular flexibility index (Phi) is 4.15. The second-order valence-corrected chi connectivity index (χ2v) is 5.67. The summed E-state index contributed by atoms with van der Waals surface area (Å²) in [4.78, 5) is 4.49. The first-order valence-corrected chi connectivity index (χ1v) is 7.03.